The number of hydrogen-bond acceptors (Lipinski definition) is 3. The van der Waals surface area contributed by atoms with E-state index in [1.165, 1.54) is 27.8 Å². The summed E-state index contributed by atoms with van der Waals surface area (Å²) in [7, 11) is 0. The number of furan rings is 1. The smallest absolute Gasteiger partial charge is 0.135 e. The van der Waals surface area contributed by atoms with Crippen molar-refractivity contribution in [2.24, 2.45) is 0 Å². The first-order valence-electron chi connectivity index (χ1n) is 19.3. The molecule has 9 aromatic rings. The number of benzene rings is 8. The van der Waals surface area contributed by atoms with Crippen molar-refractivity contribution in [1.29, 1.82) is 0 Å². The van der Waals surface area contributed by atoms with Crippen molar-refractivity contribution in [2.75, 3.05) is 4.90 Å². The van der Waals surface area contributed by atoms with Crippen LogP contribution in [-0.2, 0) is 0 Å². The molecule has 0 spiro atoms. The van der Waals surface area contributed by atoms with Gasteiger partial charge in [0.25, 0.3) is 0 Å². The van der Waals surface area contributed by atoms with Crippen molar-refractivity contribution in [1.82, 2.24) is 0 Å². The minimum atomic E-state index is 0.258. The number of allylic oxidation sites excluding steroid dienone is 1. The van der Waals surface area contributed by atoms with Crippen LogP contribution in [0.15, 0.2) is 205 Å². The Bertz CT molecular complexity index is 2740. The minimum Gasteiger partial charge on any atom is -0.457 e. The molecule has 0 fully saturated rings. The molecule has 268 valence electrons. The zero-order valence-corrected chi connectivity index (χ0v) is 31.1. The molecule has 10 rings (SSSR count). The zero-order chi connectivity index (χ0) is 37.4. The van der Waals surface area contributed by atoms with Crippen LogP contribution in [0.3, 0.4) is 0 Å². The average molecular weight is 722 g/mol. The third-order valence-corrected chi connectivity index (χ3v) is 11.0. The summed E-state index contributed by atoms with van der Waals surface area (Å²) in [5, 5.41) is 2.24. The van der Waals surface area contributed by atoms with E-state index in [-0.39, 0.29) is 5.92 Å². The van der Waals surface area contributed by atoms with Gasteiger partial charge >= 0.3 is 0 Å². The van der Waals surface area contributed by atoms with E-state index in [9.17, 15) is 0 Å². The maximum Gasteiger partial charge on any atom is 0.135 e. The number of nitrogens with zero attached hydrogens (tertiary/aromatic N) is 1. The summed E-state index contributed by atoms with van der Waals surface area (Å²) in [4.78, 5) is 2.33. The summed E-state index contributed by atoms with van der Waals surface area (Å²) < 4.78 is 13.1. The highest BCUT2D eigenvalue weighted by Gasteiger charge is 2.24. The van der Waals surface area contributed by atoms with Crippen LogP contribution in [-0.4, -0.2) is 0 Å². The standard InChI is InChI=1S/C53H39NO2/c1-36-17-31-48(42-15-9-4-10-16-42)55-50-33-34-51-53(52(36)50)47-35-43(24-32-49(47)56-51)41-22-29-46(30-23-41)54(44-25-18-39(19-26-44)37-11-5-2-6-12-37)45-27-20-40(21-28-45)38-13-7-3-8-14-38/h2-16,18-36H,17H2,1H3. The highest BCUT2D eigenvalue weighted by atomic mass is 16.5. The first kappa shape index (κ1) is 33.5. The zero-order valence-electron chi connectivity index (χ0n) is 31.1. The number of anilines is 3. The number of hydrogen-bond donors (Lipinski definition) is 0. The van der Waals surface area contributed by atoms with E-state index in [4.69, 9.17) is 9.15 Å². The lowest BCUT2D eigenvalue weighted by molar-refractivity contribution is 0.511. The molecule has 0 bridgehead atoms. The fourth-order valence-electron chi connectivity index (χ4n) is 8.09. The quantitative estimate of drug-likeness (QED) is 0.164. The fourth-order valence-corrected chi connectivity index (χ4v) is 8.09. The minimum absolute atomic E-state index is 0.258. The van der Waals surface area contributed by atoms with Gasteiger partial charge in [-0.25, -0.2) is 0 Å². The predicted octanol–water partition coefficient (Wildman–Crippen LogP) is 15.0. The maximum absolute atomic E-state index is 6.64. The number of fused-ring (bicyclic) bond motifs is 5. The van der Waals surface area contributed by atoms with Gasteiger partial charge in [-0.15, -0.1) is 0 Å². The predicted molar refractivity (Wildman–Crippen MR) is 233 cm³/mol. The van der Waals surface area contributed by atoms with Crippen molar-refractivity contribution < 1.29 is 9.15 Å². The van der Waals surface area contributed by atoms with E-state index >= 15 is 0 Å². The normalized spacial score (nSPS) is 13.8. The average Bonchev–Trinajstić information content (AvgIpc) is 3.55. The molecule has 1 unspecified atom stereocenters. The van der Waals surface area contributed by atoms with E-state index in [0.717, 1.165) is 73.6 Å². The van der Waals surface area contributed by atoms with Crippen LogP contribution >= 0.6 is 0 Å². The summed E-state index contributed by atoms with van der Waals surface area (Å²) >= 11 is 0. The Morgan fingerprint density at radius 1 is 0.446 bits per heavy atom. The number of rotatable bonds is 7. The van der Waals surface area contributed by atoms with Crippen LogP contribution in [0.5, 0.6) is 5.75 Å². The Kier molecular flexibility index (Phi) is 8.53. The second-order valence-electron chi connectivity index (χ2n) is 14.5. The lowest BCUT2D eigenvalue weighted by Gasteiger charge is -2.26. The maximum atomic E-state index is 6.64. The van der Waals surface area contributed by atoms with Gasteiger partial charge < -0.3 is 14.1 Å². The molecule has 0 saturated carbocycles. The molecule has 1 aliphatic heterocycles. The third kappa shape index (κ3) is 6.23. The van der Waals surface area contributed by atoms with Gasteiger partial charge in [-0.2, -0.15) is 0 Å². The summed E-state index contributed by atoms with van der Waals surface area (Å²) in [5.41, 5.74) is 14.4. The van der Waals surface area contributed by atoms with Crippen molar-refractivity contribution in [3.63, 3.8) is 0 Å². The van der Waals surface area contributed by atoms with E-state index in [2.05, 4.69) is 206 Å². The van der Waals surface area contributed by atoms with Crippen molar-refractivity contribution in [3.05, 3.63) is 211 Å². The Hall–Kier alpha value is -7.10. The van der Waals surface area contributed by atoms with Crippen LogP contribution < -0.4 is 9.64 Å². The van der Waals surface area contributed by atoms with Crippen LogP contribution in [0, 0.1) is 0 Å². The molecular formula is C53H39NO2. The van der Waals surface area contributed by atoms with Gasteiger partial charge in [0.15, 0.2) is 0 Å². The first-order valence-corrected chi connectivity index (χ1v) is 19.3. The van der Waals surface area contributed by atoms with Crippen LogP contribution in [0.2, 0.25) is 0 Å². The lowest BCUT2D eigenvalue weighted by atomic mass is 9.92. The second kappa shape index (κ2) is 14.3. The fraction of sp³-hybridized carbons (Fsp3) is 0.0566. The van der Waals surface area contributed by atoms with Gasteiger partial charge in [-0.05, 0) is 112 Å². The SMILES string of the molecule is CC1CC=C(c2ccccc2)Oc2ccc3oc4ccc(-c5ccc(N(c6ccc(-c7ccccc7)cc6)c6ccc(-c7ccccc7)cc6)cc5)cc4c3c21. The molecule has 56 heavy (non-hydrogen) atoms. The second-order valence-corrected chi connectivity index (χ2v) is 14.5. The molecule has 8 aromatic carbocycles. The lowest BCUT2D eigenvalue weighted by Crippen LogP contribution is -2.09. The Morgan fingerprint density at radius 2 is 0.893 bits per heavy atom. The molecule has 1 aliphatic rings. The summed E-state index contributed by atoms with van der Waals surface area (Å²) in [6, 6.07) is 68.7. The van der Waals surface area contributed by atoms with Gasteiger partial charge in [0.05, 0.1) is 0 Å². The van der Waals surface area contributed by atoms with E-state index in [0.29, 0.717) is 0 Å². The van der Waals surface area contributed by atoms with Crippen LogP contribution in [0.4, 0.5) is 17.1 Å². The molecule has 3 nitrogen and oxygen atoms in total. The van der Waals surface area contributed by atoms with Gasteiger partial charge in [0, 0.05) is 39.0 Å². The molecule has 1 atom stereocenters. The monoisotopic (exact) mass is 721 g/mol. The van der Waals surface area contributed by atoms with Crippen LogP contribution in [0.1, 0.15) is 30.4 Å². The first-order chi connectivity index (χ1) is 27.7. The van der Waals surface area contributed by atoms with Crippen molar-refractivity contribution in [2.45, 2.75) is 19.3 Å². The van der Waals surface area contributed by atoms with E-state index in [1.807, 2.05) is 6.07 Å². The Balaban J connectivity index is 1.01. The van der Waals surface area contributed by atoms with Gasteiger partial charge in [-0.3, -0.25) is 0 Å². The molecule has 0 saturated heterocycles. The summed E-state index contributed by atoms with van der Waals surface area (Å²) in [6.07, 6.45) is 3.10. The molecule has 0 radical (unpaired) electrons. The highest BCUT2D eigenvalue weighted by molar-refractivity contribution is 6.09. The van der Waals surface area contributed by atoms with Crippen molar-refractivity contribution in [3.8, 4) is 39.1 Å². The summed E-state index contributed by atoms with van der Waals surface area (Å²) in [6.45, 7) is 2.28. The number of ether oxygens (including phenoxy) is 1. The van der Waals surface area contributed by atoms with Crippen molar-refractivity contribution >= 4 is 44.8 Å². The Labute approximate surface area is 327 Å². The summed E-state index contributed by atoms with van der Waals surface area (Å²) in [5.74, 6) is 2.05. The molecular weight excluding hydrogens is 683 g/mol. The van der Waals surface area contributed by atoms with E-state index < -0.39 is 0 Å². The topological polar surface area (TPSA) is 25.6 Å². The molecule has 3 heteroatoms. The molecule has 1 aromatic heterocycles. The van der Waals surface area contributed by atoms with Gasteiger partial charge in [-0.1, -0.05) is 140 Å². The highest BCUT2D eigenvalue weighted by Crippen LogP contribution is 2.45. The van der Waals surface area contributed by atoms with E-state index in [1.54, 1.807) is 0 Å². The molecule has 2 heterocycles. The Morgan fingerprint density at radius 3 is 1.43 bits per heavy atom. The molecule has 0 aliphatic carbocycles. The largest absolute Gasteiger partial charge is 0.457 e. The van der Waals surface area contributed by atoms with Gasteiger partial charge in [0.2, 0.25) is 0 Å². The van der Waals surface area contributed by atoms with Crippen LogP contribution in [0.25, 0.3) is 61.1 Å². The third-order valence-electron chi connectivity index (χ3n) is 11.0. The van der Waals surface area contributed by atoms with Gasteiger partial charge in [0.1, 0.15) is 22.7 Å². The molecule has 0 amide bonds. The molecule has 0 N–H and O–H groups in total.